The summed E-state index contributed by atoms with van der Waals surface area (Å²) in [5.74, 6) is -0.117. The van der Waals surface area contributed by atoms with Gasteiger partial charge in [0.25, 0.3) is 11.7 Å². The van der Waals surface area contributed by atoms with Crippen molar-refractivity contribution in [2.75, 3.05) is 39.4 Å². The molecule has 2 aromatic rings. The lowest BCUT2D eigenvalue weighted by molar-refractivity contribution is -0.140. The minimum absolute atomic E-state index is 0.100. The van der Waals surface area contributed by atoms with Crippen LogP contribution in [0.15, 0.2) is 54.1 Å². The summed E-state index contributed by atoms with van der Waals surface area (Å²) in [6.07, 6.45) is 3.96. The number of likely N-dealkylation sites (tertiary alicyclic amines) is 1. The second-order valence-electron chi connectivity index (χ2n) is 9.46. The number of hydrogen-bond donors (Lipinski definition) is 1. The lowest BCUT2D eigenvalue weighted by Gasteiger charge is -2.27. The fourth-order valence-electron chi connectivity index (χ4n) is 4.81. The maximum absolute atomic E-state index is 13.3. The molecule has 0 saturated carbocycles. The number of hydrogen-bond acceptors (Lipinski definition) is 6. The fraction of sp³-hybridized carbons (Fsp3) is 0.484. The van der Waals surface area contributed by atoms with Crippen LogP contribution in [0, 0.1) is 0 Å². The predicted molar refractivity (Wildman–Crippen MR) is 150 cm³/mol. The van der Waals surface area contributed by atoms with E-state index < -0.39 is 17.7 Å². The molecule has 1 fully saturated rings. The zero-order chi connectivity index (χ0) is 27.5. The monoisotopic (exact) mass is 522 g/mol. The third-order valence-electron chi connectivity index (χ3n) is 6.94. The van der Waals surface area contributed by atoms with Gasteiger partial charge in [-0.15, -0.1) is 0 Å². The molecule has 0 aliphatic carbocycles. The molecule has 0 radical (unpaired) electrons. The number of carbonyl (C=O) groups excluding carboxylic acids is 2. The minimum atomic E-state index is -0.684. The largest absolute Gasteiger partial charge is 0.507 e. The second kappa shape index (κ2) is 14.6. The smallest absolute Gasteiger partial charge is 0.295 e. The molecule has 206 valence electrons. The summed E-state index contributed by atoms with van der Waals surface area (Å²) < 4.78 is 11.4. The van der Waals surface area contributed by atoms with Gasteiger partial charge >= 0.3 is 0 Å². The van der Waals surface area contributed by atoms with Crippen LogP contribution >= 0.6 is 0 Å². The molecule has 1 N–H and O–H groups in total. The molecule has 1 saturated heterocycles. The Hall–Kier alpha value is -3.32. The van der Waals surface area contributed by atoms with Crippen LogP contribution in [-0.4, -0.2) is 66.0 Å². The molecule has 1 unspecified atom stereocenters. The van der Waals surface area contributed by atoms with Crippen LogP contribution in [-0.2, 0) is 9.59 Å². The quantitative estimate of drug-likeness (QED) is 0.138. The first-order chi connectivity index (χ1) is 18.4. The van der Waals surface area contributed by atoms with Crippen molar-refractivity contribution in [3.8, 4) is 11.5 Å². The standard InChI is InChI=1S/C31H42N2O5/c1-5-9-10-21-38-25-17-15-23(16-18-25)28-27(29(34)24-13-11-14-26(22-24)37-8-4)30(35)31(36)33(28)20-12-19-32(6-2)7-3/h11,13-18,22,28,34H,5-10,12,19-21H2,1-4H3/b29-27+. The molecule has 0 spiro atoms. The lowest BCUT2D eigenvalue weighted by atomic mass is 9.95. The van der Waals surface area contributed by atoms with Crippen molar-refractivity contribution in [3.63, 3.8) is 0 Å². The number of ether oxygens (including phenoxy) is 2. The zero-order valence-electron chi connectivity index (χ0n) is 23.2. The van der Waals surface area contributed by atoms with Crippen LogP contribution < -0.4 is 9.47 Å². The number of benzene rings is 2. The number of unbranched alkanes of at least 4 members (excludes halogenated alkanes) is 2. The Morgan fingerprint density at radius 1 is 0.921 bits per heavy atom. The molecule has 1 heterocycles. The van der Waals surface area contributed by atoms with Crippen molar-refractivity contribution in [1.29, 1.82) is 0 Å². The fourth-order valence-corrected chi connectivity index (χ4v) is 4.81. The molecule has 38 heavy (non-hydrogen) atoms. The van der Waals surface area contributed by atoms with Crippen LogP contribution in [0.5, 0.6) is 11.5 Å². The maximum Gasteiger partial charge on any atom is 0.295 e. The van der Waals surface area contributed by atoms with E-state index in [0.717, 1.165) is 56.6 Å². The van der Waals surface area contributed by atoms with E-state index in [4.69, 9.17) is 9.47 Å². The molecule has 1 atom stereocenters. The van der Waals surface area contributed by atoms with E-state index in [-0.39, 0.29) is 11.3 Å². The highest BCUT2D eigenvalue weighted by Gasteiger charge is 2.45. The molecule has 7 heteroatoms. The minimum Gasteiger partial charge on any atom is -0.507 e. The highest BCUT2D eigenvalue weighted by molar-refractivity contribution is 6.46. The third kappa shape index (κ3) is 7.16. The Labute approximate surface area is 227 Å². The summed E-state index contributed by atoms with van der Waals surface area (Å²) >= 11 is 0. The summed E-state index contributed by atoms with van der Waals surface area (Å²) in [7, 11) is 0. The van der Waals surface area contributed by atoms with Gasteiger partial charge in [-0.1, -0.05) is 57.9 Å². The Morgan fingerprint density at radius 2 is 1.66 bits per heavy atom. The second-order valence-corrected chi connectivity index (χ2v) is 9.46. The molecule has 0 aromatic heterocycles. The van der Waals surface area contributed by atoms with Crippen molar-refractivity contribution in [2.45, 2.75) is 59.4 Å². The van der Waals surface area contributed by atoms with E-state index in [1.807, 2.05) is 31.2 Å². The first-order valence-corrected chi connectivity index (χ1v) is 13.9. The number of rotatable bonds is 15. The van der Waals surface area contributed by atoms with E-state index in [2.05, 4.69) is 25.7 Å². The number of aliphatic hydroxyl groups is 1. The van der Waals surface area contributed by atoms with Crippen molar-refractivity contribution < 1.29 is 24.2 Å². The summed E-state index contributed by atoms with van der Waals surface area (Å²) in [5, 5.41) is 11.4. The Balaban J connectivity index is 1.96. The van der Waals surface area contributed by atoms with Gasteiger partial charge in [0.05, 0.1) is 24.8 Å². The number of nitrogens with zero attached hydrogens (tertiary/aromatic N) is 2. The van der Waals surface area contributed by atoms with Gasteiger partial charge in [-0.25, -0.2) is 0 Å². The van der Waals surface area contributed by atoms with Crippen LogP contribution in [0.3, 0.4) is 0 Å². The van der Waals surface area contributed by atoms with E-state index in [9.17, 15) is 14.7 Å². The topological polar surface area (TPSA) is 79.3 Å². The lowest BCUT2D eigenvalue weighted by Crippen LogP contribution is -2.33. The van der Waals surface area contributed by atoms with Crippen molar-refractivity contribution in [2.24, 2.45) is 0 Å². The van der Waals surface area contributed by atoms with Gasteiger partial charge in [0.1, 0.15) is 17.3 Å². The molecule has 0 bridgehead atoms. The Morgan fingerprint density at radius 3 is 2.32 bits per heavy atom. The van der Waals surface area contributed by atoms with E-state index in [1.165, 1.54) is 0 Å². The van der Waals surface area contributed by atoms with Gasteiger partial charge in [0, 0.05) is 12.1 Å². The number of amides is 1. The molecular weight excluding hydrogens is 480 g/mol. The van der Waals surface area contributed by atoms with Gasteiger partial charge in [0.2, 0.25) is 0 Å². The van der Waals surface area contributed by atoms with Crippen molar-refractivity contribution >= 4 is 17.4 Å². The van der Waals surface area contributed by atoms with Gasteiger partial charge in [0.15, 0.2) is 0 Å². The summed E-state index contributed by atoms with van der Waals surface area (Å²) in [6.45, 7) is 12.5. The molecular formula is C31H42N2O5. The molecule has 2 aromatic carbocycles. The van der Waals surface area contributed by atoms with Crippen LogP contribution in [0.2, 0.25) is 0 Å². The summed E-state index contributed by atoms with van der Waals surface area (Å²) in [6, 6.07) is 13.8. The first kappa shape index (κ1) is 29.2. The summed E-state index contributed by atoms with van der Waals surface area (Å²) in [4.78, 5) is 30.5. The Kier molecular flexibility index (Phi) is 11.2. The molecule has 1 amide bonds. The SMILES string of the molecule is CCCCCOc1ccc(C2/C(=C(\O)c3cccc(OCC)c3)C(=O)C(=O)N2CCCN(CC)CC)cc1. The van der Waals surface area contributed by atoms with Crippen molar-refractivity contribution in [1.82, 2.24) is 9.80 Å². The summed E-state index contributed by atoms with van der Waals surface area (Å²) in [5.41, 5.74) is 1.30. The number of carbonyl (C=O) groups is 2. The van der Waals surface area contributed by atoms with E-state index in [0.29, 0.717) is 31.1 Å². The number of aliphatic hydroxyl groups excluding tert-OH is 1. The molecule has 1 aliphatic heterocycles. The van der Waals surface area contributed by atoms with Gasteiger partial charge < -0.3 is 24.4 Å². The average Bonchev–Trinajstić information content (AvgIpc) is 3.19. The van der Waals surface area contributed by atoms with Crippen LogP contribution in [0.4, 0.5) is 0 Å². The zero-order valence-corrected chi connectivity index (χ0v) is 23.2. The van der Waals surface area contributed by atoms with Crippen LogP contribution in [0.1, 0.15) is 70.5 Å². The van der Waals surface area contributed by atoms with E-state index in [1.54, 1.807) is 29.2 Å². The number of ketones is 1. The average molecular weight is 523 g/mol. The number of Topliss-reactive ketones (excluding diaryl/α,β-unsaturated/α-hetero) is 1. The molecule has 1 aliphatic rings. The van der Waals surface area contributed by atoms with Gasteiger partial charge in [-0.3, -0.25) is 9.59 Å². The van der Waals surface area contributed by atoms with Gasteiger partial charge in [-0.05, 0) is 69.2 Å². The first-order valence-electron chi connectivity index (χ1n) is 13.9. The molecule has 7 nitrogen and oxygen atoms in total. The highest BCUT2D eigenvalue weighted by atomic mass is 16.5. The predicted octanol–water partition coefficient (Wildman–Crippen LogP) is 5.81. The normalized spacial score (nSPS) is 16.9. The van der Waals surface area contributed by atoms with E-state index >= 15 is 0 Å². The highest BCUT2D eigenvalue weighted by Crippen LogP contribution is 2.40. The van der Waals surface area contributed by atoms with Crippen molar-refractivity contribution in [3.05, 3.63) is 65.2 Å². The third-order valence-corrected chi connectivity index (χ3v) is 6.94. The molecule has 3 rings (SSSR count). The van der Waals surface area contributed by atoms with Gasteiger partial charge in [-0.2, -0.15) is 0 Å². The maximum atomic E-state index is 13.3. The van der Waals surface area contributed by atoms with Crippen LogP contribution in [0.25, 0.3) is 5.76 Å². The Bertz CT molecular complexity index is 1090.